The maximum absolute atomic E-state index is 13.0. The molecule has 0 aromatic rings. The van der Waals surface area contributed by atoms with Crippen LogP contribution in [-0.4, -0.2) is 18.3 Å². The summed E-state index contributed by atoms with van der Waals surface area (Å²) in [6.07, 6.45) is 0. The van der Waals surface area contributed by atoms with Gasteiger partial charge >= 0.3 is 11.0 Å². The summed E-state index contributed by atoms with van der Waals surface area (Å²) in [5.41, 5.74) is -9.95. The second-order valence-corrected chi connectivity index (χ2v) is 8.93. The highest BCUT2D eigenvalue weighted by atomic mass is 32.3. The monoisotopic (exact) mass is 328 g/mol. The third kappa shape index (κ3) is 4.61. The van der Waals surface area contributed by atoms with Crippen LogP contribution in [-0.2, 0) is 0 Å². The van der Waals surface area contributed by atoms with Gasteiger partial charge in [-0.15, -0.1) is 0 Å². The largest absolute Gasteiger partial charge is 0.446 e. The van der Waals surface area contributed by atoms with Gasteiger partial charge in [-0.3, -0.25) is 0 Å². The summed E-state index contributed by atoms with van der Waals surface area (Å²) in [6.45, 7) is 0. The molecule has 0 atom stereocenters. The average molecular weight is 328 g/mol. The zero-order valence-electron chi connectivity index (χ0n) is 6.66. The first-order valence-electron chi connectivity index (χ1n) is 3.14. The molecule has 0 spiro atoms. The molecule has 1 aliphatic rings. The molecule has 1 rings (SSSR count). The molecule has 12 heteroatoms. The highest BCUT2D eigenvalue weighted by Gasteiger charge is 2.67. The molecular weight excluding hydrogens is 328 g/mol. The summed E-state index contributed by atoms with van der Waals surface area (Å²) < 4.78 is 90.0. The third-order valence-electron chi connectivity index (χ3n) is 0.963. The minimum absolute atomic E-state index is 0.652. The number of thioether (sulfide) groups is 4. The number of hydrogen-bond acceptors (Lipinski definition) is 4. The maximum Gasteiger partial charge on any atom is 0.446 e. The lowest BCUT2D eigenvalue weighted by Gasteiger charge is -2.42. The Bertz CT molecular complexity index is 238. The van der Waals surface area contributed by atoms with Crippen molar-refractivity contribution in [3.63, 3.8) is 0 Å². The van der Waals surface area contributed by atoms with E-state index in [1.165, 1.54) is 0 Å². The van der Waals surface area contributed by atoms with Gasteiger partial charge in [-0.25, -0.2) is 8.78 Å². The van der Waals surface area contributed by atoms with Crippen molar-refractivity contribution in [3.8, 4) is 0 Å². The lowest BCUT2D eigenvalue weighted by atomic mass is 11.5. The Morgan fingerprint density at radius 3 is 1.12 bits per heavy atom. The van der Waals surface area contributed by atoms with Crippen LogP contribution < -0.4 is 0 Å². The van der Waals surface area contributed by atoms with Crippen LogP contribution in [0.5, 0.6) is 0 Å². The van der Waals surface area contributed by atoms with Crippen molar-refractivity contribution in [2.45, 2.75) is 18.3 Å². The fourth-order valence-corrected chi connectivity index (χ4v) is 7.07. The number of alkyl halides is 8. The molecule has 0 aliphatic carbocycles. The molecule has 0 bridgehead atoms. The van der Waals surface area contributed by atoms with Gasteiger partial charge in [-0.05, 0) is 23.5 Å². The van der Waals surface area contributed by atoms with Gasteiger partial charge in [0, 0.05) is 23.5 Å². The van der Waals surface area contributed by atoms with E-state index in [2.05, 4.69) is 0 Å². The number of rotatable bonds is 2. The first kappa shape index (κ1) is 14.9. The second kappa shape index (κ2) is 4.19. The van der Waals surface area contributed by atoms with Crippen LogP contribution in [0.15, 0.2) is 0 Å². The molecule has 1 heterocycles. The highest BCUT2D eigenvalue weighted by Crippen LogP contribution is 2.77. The van der Waals surface area contributed by atoms with Crippen LogP contribution in [0.2, 0.25) is 0 Å². The molecule has 0 unspecified atom stereocenters. The van der Waals surface area contributed by atoms with Gasteiger partial charge < -0.3 is 0 Å². The molecule has 0 amide bonds. The smallest absolute Gasteiger partial charge is 0.207 e. The summed E-state index contributed by atoms with van der Waals surface area (Å²) in [6, 6.07) is 0. The molecule has 1 saturated heterocycles. The van der Waals surface area contributed by atoms with E-state index in [1.807, 2.05) is 0 Å². The van der Waals surface area contributed by atoms with E-state index in [0.29, 0.717) is 0 Å². The van der Waals surface area contributed by atoms with Crippen LogP contribution in [0.3, 0.4) is 0 Å². The Hall–Kier alpha value is 0.840. The van der Waals surface area contributed by atoms with E-state index in [-0.39, 0.29) is 0 Å². The maximum atomic E-state index is 13.0. The molecule has 0 nitrogen and oxygen atoms in total. The molecule has 1 aliphatic heterocycles. The number of halogens is 8. The predicted octanol–water partition coefficient (Wildman–Crippen LogP) is 5.13. The number of hydrogen-bond donors (Lipinski definition) is 0. The molecule has 16 heavy (non-hydrogen) atoms. The lowest BCUT2D eigenvalue weighted by Crippen LogP contribution is -2.37. The molecule has 0 aromatic heterocycles. The lowest BCUT2D eigenvalue weighted by molar-refractivity contribution is -0.0342. The highest BCUT2D eigenvalue weighted by molar-refractivity contribution is 8.52. The first-order chi connectivity index (χ1) is 6.83. The fourth-order valence-electron chi connectivity index (χ4n) is 0.659. The average Bonchev–Trinajstić information content (AvgIpc) is 1.69. The van der Waals surface area contributed by atoms with Crippen molar-refractivity contribution in [2.24, 2.45) is 0 Å². The Balaban J connectivity index is 2.52. The quantitative estimate of drug-likeness (QED) is 0.644. The minimum Gasteiger partial charge on any atom is -0.207 e. The summed E-state index contributed by atoms with van der Waals surface area (Å²) >= 11 is -3.68. The van der Waals surface area contributed by atoms with Gasteiger partial charge in [0.15, 0.2) is 0 Å². The van der Waals surface area contributed by atoms with Gasteiger partial charge in [0.25, 0.3) is 7.33 Å². The van der Waals surface area contributed by atoms with E-state index in [0.717, 1.165) is 0 Å². The minimum atomic E-state index is -4.97. The summed E-state index contributed by atoms with van der Waals surface area (Å²) in [7, 11) is 0. The first-order valence-corrected chi connectivity index (χ1v) is 6.41. The Morgan fingerprint density at radius 2 is 0.938 bits per heavy atom. The Morgan fingerprint density at radius 1 is 0.688 bits per heavy atom. The van der Waals surface area contributed by atoms with Gasteiger partial charge in [0.05, 0.1) is 0 Å². The second-order valence-electron chi connectivity index (χ2n) is 2.26. The van der Waals surface area contributed by atoms with Crippen molar-refractivity contribution in [1.29, 1.82) is 0 Å². The Kier molecular flexibility index (Phi) is 3.91. The van der Waals surface area contributed by atoms with E-state index in [9.17, 15) is 35.1 Å². The molecule has 0 saturated carbocycles. The van der Waals surface area contributed by atoms with Crippen molar-refractivity contribution in [3.05, 3.63) is 0 Å². The van der Waals surface area contributed by atoms with Gasteiger partial charge in [0.2, 0.25) is 0 Å². The normalized spacial score (nSPS) is 36.0. The summed E-state index contributed by atoms with van der Waals surface area (Å²) in [5.74, 6) is 0. The van der Waals surface area contributed by atoms with Gasteiger partial charge in [-0.2, -0.15) is 26.3 Å². The van der Waals surface area contributed by atoms with E-state index < -0.39 is 65.4 Å². The molecule has 96 valence electrons. The van der Waals surface area contributed by atoms with Crippen LogP contribution in [0.25, 0.3) is 0 Å². The molecule has 1 fully saturated rings. The molecule has 0 aromatic carbocycles. The van der Waals surface area contributed by atoms with E-state index >= 15 is 0 Å². The van der Waals surface area contributed by atoms with Crippen LogP contribution in [0.4, 0.5) is 35.1 Å². The van der Waals surface area contributed by atoms with Crippen molar-refractivity contribution < 1.29 is 35.1 Å². The molecule has 0 radical (unpaired) electrons. The van der Waals surface area contributed by atoms with Crippen molar-refractivity contribution in [1.82, 2.24) is 0 Å². The molecular formula is C4F8S4. The van der Waals surface area contributed by atoms with Crippen molar-refractivity contribution >= 4 is 47.0 Å². The zero-order chi connectivity index (χ0) is 12.8. The van der Waals surface area contributed by atoms with Gasteiger partial charge in [-0.1, -0.05) is 0 Å². The van der Waals surface area contributed by atoms with Gasteiger partial charge in [0.1, 0.15) is 0 Å². The standard InChI is InChI=1S/C4F8S4/c5-1(6,7)13-3(11)15-4(12,16-3)14-2(8,9)10. The SMILES string of the molecule is FC(F)(F)SC1(F)SC(F)(SC(F)(F)F)S1. The third-order valence-corrected chi connectivity index (χ3v) is 5.89. The fraction of sp³-hybridized carbons (Fsp3) is 1.00. The van der Waals surface area contributed by atoms with Crippen LogP contribution in [0.1, 0.15) is 0 Å². The predicted molar refractivity (Wildman–Crippen MR) is 50.2 cm³/mol. The van der Waals surface area contributed by atoms with E-state index in [1.54, 1.807) is 0 Å². The molecule has 0 N–H and O–H groups in total. The Labute approximate surface area is 101 Å². The van der Waals surface area contributed by atoms with Crippen molar-refractivity contribution in [2.75, 3.05) is 0 Å². The summed E-state index contributed by atoms with van der Waals surface area (Å²) in [5, 5.41) is 0. The summed E-state index contributed by atoms with van der Waals surface area (Å²) in [4.78, 5) is 0. The van der Waals surface area contributed by atoms with Crippen LogP contribution in [0, 0.1) is 0 Å². The van der Waals surface area contributed by atoms with Crippen LogP contribution >= 0.6 is 47.0 Å². The zero-order valence-corrected chi connectivity index (χ0v) is 9.92. The van der Waals surface area contributed by atoms with E-state index in [4.69, 9.17) is 0 Å². The topological polar surface area (TPSA) is 0 Å².